The molecule has 0 rings (SSSR count). The zero-order valence-electron chi connectivity index (χ0n) is 11.1. The number of carboxylic acids is 1. The largest absolute Gasteiger partial charge is 0.479 e. The van der Waals surface area contributed by atoms with Gasteiger partial charge in [0.1, 0.15) is 0 Å². The van der Waals surface area contributed by atoms with Crippen molar-refractivity contribution in [3.8, 4) is 0 Å². The Morgan fingerprint density at radius 1 is 1.47 bits per heavy atom. The Morgan fingerprint density at radius 3 is 2.47 bits per heavy atom. The number of nitrogens with one attached hydrogen (secondary N) is 1. The van der Waals surface area contributed by atoms with Gasteiger partial charge in [-0.2, -0.15) is 0 Å². The lowest BCUT2D eigenvalue weighted by atomic mass is 9.99. The fraction of sp³-hybridized carbons (Fsp3) is 0.833. The monoisotopic (exact) mass is 245 g/mol. The molecule has 0 heterocycles. The number of hydrogen-bond acceptors (Lipinski definition) is 3. The molecule has 0 aromatic rings. The molecule has 5 nitrogen and oxygen atoms in total. The highest BCUT2D eigenvalue weighted by Gasteiger charge is 2.35. The third kappa shape index (κ3) is 5.68. The zero-order valence-corrected chi connectivity index (χ0v) is 11.1. The molecule has 2 unspecified atom stereocenters. The molecule has 0 aromatic carbocycles. The standard InChI is InChI=1S/C12H23NO4/c1-5-6-9(2)7-10(14)13-12(3,8-17-4)11(15)16/h9H,5-8H2,1-4H3,(H,13,14)(H,15,16). The first-order chi connectivity index (χ1) is 7.85. The summed E-state index contributed by atoms with van der Waals surface area (Å²) in [5, 5.41) is 11.6. The Labute approximate surface area is 103 Å². The lowest BCUT2D eigenvalue weighted by molar-refractivity contribution is -0.149. The van der Waals surface area contributed by atoms with Crippen molar-refractivity contribution >= 4 is 11.9 Å². The van der Waals surface area contributed by atoms with Gasteiger partial charge in [0, 0.05) is 13.5 Å². The molecule has 0 aromatic heterocycles. The second-order valence-corrected chi connectivity index (χ2v) is 4.72. The number of methoxy groups -OCH3 is 1. The molecular formula is C12H23NO4. The third-order valence-corrected chi connectivity index (χ3v) is 2.64. The molecule has 0 fully saturated rings. The number of ether oxygens (including phenoxy) is 1. The number of aliphatic carboxylic acids is 1. The van der Waals surface area contributed by atoms with Crippen LogP contribution in [0.25, 0.3) is 0 Å². The Hall–Kier alpha value is -1.10. The van der Waals surface area contributed by atoms with E-state index in [-0.39, 0.29) is 18.4 Å². The van der Waals surface area contributed by atoms with E-state index in [1.165, 1.54) is 14.0 Å². The van der Waals surface area contributed by atoms with Crippen LogP contribution < -0.4 is 5.32 Å². The molecule has 0 aliphatic heterocycles. The molecular weight excluding hydrogens is 222 g/mol. The molecule has 0 spiro atoms. The van der Waals surface area contributed by atoms with Gasteiger partial charge in [-0.05, 0) is 12.8 Å². The number of carboxylic acid groups (broad SMARTS) is 1. The van der Waals surface area contributed by atoms with E-state index in [9.17, 15) is 9.59 Å². The summed E-state index contributed by atoms with van der Waals surface area (Å²) in [7, 11) is 1.41. The Bertz CT molecular complexity index is 267. The van der Waals surface area contributed by atoms with Crippen LogP contribution in [0.1, 0.15) is 40.0 Å². The van der Waals surface area contributed by atoms with Crippen LogP contribution >= 0.6 is 0 Å². The zero-order chi connectivity index (χ0) is 13.5. The first-order valence-corrected chi connectivity index (χ1v) is 5.89. The van der Waals surface area contributed by atoms with Crippen LogP contribution in [0.4, 0.5) is 0 Å². The topological polar surface area (TPSA) is 75.6 Å². The fourth-order valence-electron chi connectivity index (χ4n) is 1.71. The average molecular weight is 245 g/mol. The molecule has 2 atom stereocenters. The van der Waals surface area contributed by atoms with Crippen LogP contribution in [0.5, 0.6) is 0 Å². The third-order valence-electron chi connectivity index (χ3n) is 2.64. The van der Waals surface area contributed by atoms with Crippen molar-refractivity contribution in [2.24, 2.45) is 5.92 Å². The van der Waals surface area contributed by atoms with Gasteiger partial charge in [-0.1, -0.05) is 26.7 Å². The lowest BCUT2D eigenvalue weighted by Crippen LogP contribution is -2.55. The molecule has 100 valence electrons. The van der Waals surface area contributed by atoms with Crippen molar-refractivity contribution in [2.75, 3.05) is 13.7 Å². The van der Waals surface area contributed by atoms with Crippen molar-refractivity contribution in [3.63, 3.8) is 0 Å². The minimum absolute atomic E-state index is 0.0454. The maximum absolute atomic E-state index is 11.7. The van der Waals surface area contributed by atoms with Gasteiger partial charge in [0.25, 0.3) is 0 Å². The predicted octanol–water partition coefficient (Wildman–Crippen LogP) is 1.42. The molecule has 0 aliphatic carbocycles. The summed E-state index contributed by atoms with van der Waals surface area (Å²) in [6.07, 6.45) is 2.32. The second kappa shape index (κ2) is 7.27. The van der Waals surface area contributed by atoms with E-state index in [1.807, 2.05) is 6.92 Å². The number of rotatable bonds is 8. The molecule has 0 aliphatic rings. The van der Waals surface area contributed by atoms with Gasteiger partial charge in [-0.15, -0.1) is 0 Å². The Morgan fingerprint density at radius 2 is 2.06 bits per heavy atom. The highest BCUT2D eigenvalue weighted by atomic mass is 16.5. The molecule has 17 heavy (non-hydrogen) atoms. The van der Waals surface area contributed by atoms with E-state index < -0.39 is 11.5 Å². The van der Waals surface area contributed by atoms with Gasteiger partial charge in [0.05, 0.1) is 6.61 Å². The van der Waals surface area contributed by atoms with Gasteiger partial charge in [-0.25, -0.2) is 4.79 Å². The molecule has 0 saturated heterocycles. The first kappa shape index (κ1) is 15.9. The summed E-state index contributed by atoms with van der Waals surface area (Å²) < 4.78 is 4.83. The summed E-state index contributed by atoms with van der Waals surface area (Å²) in [5.74, 6) is -1.07. The van der Waals surface area contributed by atoms with Crippen LogP contribution in [0.3, 0.4) is 0 Å². The van der Waals surface area contributed by atoms with Crippen LogP contribution in [-0.4, -0.2) is 36.2 Å². The van der Waals surface area contributed by atoms with Crippen LogP contribution in [-0.2, 0) is 14.3 Å². The smallest absolute Gasteiger partial charge is 0.331 e. The van der Waals surface area contributed by atoms with Crippen molar-refractivity contribution in [2.45, 2.75) is 45.6 Å². The maximum Gasteiger partial charge on any atom is 0.331 e. The average Bonchev–Trinajstić information content (AvgIpc) is 2.17. The van der Waals surface area contributed by atoms with Gasteiger partial charge >= 0.3 is 5.97 Å². The number of amides is 1. The number of carbonyl (C=O) groups excluding carboxylic acids is 1. The molecule has 0 saturated carbocycles. The summed E-state index contributed by atoms with van der Waals surface area (Å²) >= 11 is 0. The quantitative estimate of drug-likeness (QED) is 0.678. The van der Waals surface area contributed by atoms with Crippen molar-refractivity contribution in [1.29, 1.82) is 0 Å². The highest BCUT2D eigenvalue weighted by Crippen LogP contribution is 2.11. The van der Waals surface area contributed by atoms with Crippen LogP contribution in [0.2, 0.25) is 0 Å². The molecule has 0 bridgehead atoms. The summed E-state index contributed by atoms with van der Waals surface area (Å²) in [6.45, 7) is 5.44. The Kier molecular flexibility index (Phi) is 6.80. The van der Waals surface area contributed by atoms with Crippen molar-refractivity contribution in [1.82, 2.24) is 5.32 Å². The van der Waals surface area contributed by atoms with Crippen LogP contribution in [0, 0.1) is 5.92 Å². The van der Waals surface area contributed by atoms with Gasteiger partial charge in [0.15, 0.2) is 5.54 Å². The van der Waals surface area contributed by atoms with E-state index >= 15 is 0 Å². The van der Waals surface area contributed by atoms with E-state index in [2.05, 4.69) is 12.2 Å². The maximum atomic E-state index is 11.7. The highest BCUT2D eigenvalue weighted by molar-refractivity contribution is 5.86. The molecule has 0 radical (unpaired) electrons. The summed E-state index contributed by atoms with van der Waals surface area (Å²) in [4.78, 5) is 22.8. The van der Waals surface area contributed by atoms with Gasteiger partial charge < -0.3 is 15.2 Å². The van der Waals surface area contributed by atoms with Crippen LogP contribution in [0.15, 0.2) is 0 Å². The normalized spacial score (nSPS) is 16.0. The van der Waals surface area contributed by atoms with Crippen molar-refractivity contribution < 1.29 is 19.4 Å². The van der Waals surface area contributed by atoms with E-state index in [1.54, 1.807) is 0 Å². The number of carbonyl (C=O) groups is 2. The fourth-order valence-corrected chi connectivity index (χ4v) is 1.71. The van der Waals surface area contributed by atoms with Crippen molar-refractivity contribution in [3.05, 3.63) is 0 Å². The molecule has 2 N–H and O–H groups in total. The Balaban J connectivity index is 4.36. The number of hydrogen-bond donors (Lipinski definition) is 2. The van der Waals surface area contributed by atoms with E-state index in [0.29, 0.717) is 6.42 Å². The van der Waals surface area contributed by atoms with E-state index in [4.69, 9.17) is 9.84 Å². The first-order valence-electron chi connectivity index (χ1n) is 5.89. The summed E-state index contributed by atoms with van der Waals surface area (Å²) in [5.41, 5.74) is -1.35. The molecule has 5 heteroatoms. The van der Waals surface area contributed by atoms with E-state index in [0.717, 1.165) is 12.8 Å². The molecule has 1 amide bonds. The lowest BCUT2D eigenvalue weighted by Gasteiger charge is -2.26. The predicted molar refractivity (Wildman–Crippen MR) is 64.7 cm³/mol. The summed E-state index contributed by atoms with van der Waals surface area (Å²) in [6, 6.07) is 0. The van der Waals surface area contributed by atoms with Gasteiger partial charge in [0.2, 0.25) is 5.91 Å². The minimum Gasteiger partial charge on any atom is -0.479 e. The van der Waals surface area contributed by atoms with Gasteiger partial charge in [-0.3, -0.25) is 4.79 Å². The second-order valence-electron chi connectivity index (χ2n) is 4.72. The minimum atomic E-state index is -1.35. The SMILES string of the molecule is CCCC(C)CC(=O)NC(C)(COC)C(=O)O.